The van der Waals surface area contributed by atoms with Crippen LogP contribution in [0, 0.1) is 18.7 Å². The molecule has 7 nitrogen and oxygen atoms in total. The van der Waals surface area contributed by atoms with Crippen molar-refractivity contribution in [3.8, 4) is 0 Å². The molecule has 166 valence electrons. The first-order chi connectivity index (χ1) is 14.8. The number of aliphatic carboxylic acids is 1. The van der Waals surface area contributed by atoms with Crippen molar-refractivity contribution in [1.29, 1.82) is 0 Å². The number of carbonyl (C=O) groups is 2. The number of rotatable bonds is 6. The van der Waals surface area contributed by atoms with Crippen molar-refractivity contribution in [3.63, 3.8) is 0 Å². The minimum Gasteiger partial charge on any atom is -0.481 e. The van der Waals surface area contributed by atoms with Gasteiger partial charge in [-0.15, -0.1) is 0 Å². The minimum atomic E-state index is -0.820. The Morgan fingerprint density at radius 3 is 2.87 bits per heavy atom. The Morgan fingerprint density at radius 1 is 1.32 bits per heavy atom. The molecule has 1 saturated heterocycles. The van der Waals surface area contributed by atoms with Crippen molar-refractivity contribution >= 4 is 23.5 Å². The molecule has 0 radical (unpaired) electrons. The maximum Gasteiger partial charge on any atom is 0.304 e. The number of halogens is 2. The number of amides is 1. The zero-order chi connectivity index (χ0) is 22.1. The number of carbonyl (C=O) groups excluding carboxylic acids is 1. The van der Waals surface area contributed by atoms with Gasteiger partial charge in [0.2, 0.25) is 5.91 Å². The van der Waals surface area contributed by atoms with Gasteiger partial charge in [-0.25, -0.2) is 4.39 Å². The van der Waals surface area contributed by atoms with Gasteiger partial charge in [0.15, 0.2) is 0 Å². The van der Waals surface area contributed by atoms with Crippen LogP contribution in [0.25, 0.3) is 0 Å². The molecule has 2 aliphatic heterocycles. The average Bonchev–Trinajstić information content (AvgIpc) is 3.33. The highest BCUT2D eigenvalue weighted by molar-refractivity contribution is 6.30. The first kappa shape index (κ1) is 21.8. The highest BCUT2D eigenvalue weighted by atomic mass is 35.5. The summed E-state index contributed by atoms with van der Waals surface area (Å²) in [5.74, 6) is -1.20. The van der Waals surface area contributed by atoms with E-state index in [1.807, 2.05) is 16.7 Å². The number of benzene rings is 1. The Labute approximate surface area is 185 Å². The van der Waals surface area contributed by atoms with E-state index >= 15 is 0 Å². The molecule has 1 aromatic carbocycles. The summed E-state index contributed by atoms with van der Waals surface area (Å²) in [6, 6.07) is 4.62. The molecule has 1 aromatic heterocycles. The fraction of sp³-hybridized carbons (Fsp3) is 0.500. The van der Waals surface area contributed by atoms with Gasteiger partial charge >= 0.3 is 5.97 Å². The maximum absolute atomic E-state index is 14.3. The molecule has 1 N–H and O–H groups in total. The molecule has 1 amide bonds. The minimum absolute atomic E-state index is 0.0910. The summed E-state index contributed by atoms with van der Waals surface area (Å²) in [7, 11) is 0. The average molecular weight is 449 g/mol. The highest BCUT2D eigenvalue weighted by Gasteiger charge is 2.34. The van der Waals surface area contributed by atoms with Gasteiger partial charge in [0.05, 0.1) is 36.8 Å². The summed E-state index contributed by atoms with van der Waals surface area (Å²) in [6.45, 7) is 5.15. The Morgan fingerprint density at radius 2 is 2.13 bits per heavy atom. The van der Waals surface area contributed by atoms with Crippen LogP contribution in [0.1, 0.15) is 35.4 Å². The van der Waals surface area contributed by atoms with Crippen molar-refractivity contribution in [3.05, 3.63) is 51.6 Å². The molecular formula is C22H26ClFN4O3. The van der Waals surface area contributed by atoms with Gasteiger partial charge in [0.25, 0.3) is 0 Å². The molecule has 2 aliphatic rings. The Balaban J connectivity index is 1.45. The lowest BCUT2D eigenvalue weighted by molar-refractivity contribution is -0.137. The third-order valence-electron chi connectivity index (χ3n) is 6.25. The smallest absolute Gasteiger partial charge is 0.304 e. The number of fused-ring (bicyclic) bond motifs is 1. The summed E-state index contributed by atoms with van der Waals surface area (Å²) in [4.78, 5) is 27.8. The van der Waals surface area contributed by atoms with E-state index in [0.717, 1.165) is 36.3 Å². The van der Waals surface area contributed by atoms with E-state index in [1.165, 1.54) is 6.07 Å². The molecule has 0 saturated carbocycles. The molecule has 1 fully saturated rings. The fourth-order valence-corrected chi connectivity index (χ4v) is 4.71. The molecule has 0 bridgehead atoms. The molecule has 31 heavy (non-hydrogen) atoms. The zero-order valence-corrected chi connectivity index (χ0v) is 18.2. The SMILES string of the molecule is Cc1nn(Cc2ccc(Cl)cc2F)c2c1CCN(C(=O)C1CCN(CCC(=O)O)C1)C2. The van der Waals surface area contributed by atoms with Crippen LogP contribution < -0.4 is 0 Å². The van der Waals surface area contributed by atoms with Gasteiger partial charge in [-0.3, -0.25) is 14.3 Å². The first-order valence-electron chi connectivity index (χ1n) is 10.5. The summed E-state index contributed by atoms with van der Waals surface area (Å²) >= 11 is 5.86. The predicted molar refractivity (Wildman–Crippen MR) is 113 cm³/mol. The standard InChI is InChI=1S/C22H26ClFN4O3/c1-14-18-5-9-27(22(31)16-4-7-26(11-16)8-6-21(29)30)13-20(18)28(25-14)12-15-2-3-17(23)10-19(15)24/h2-3,10,16H,4-9,11-13H2,1H3,(H,29,30). The molecule has 9 heteroatoms. The van der Waals surface area contributed by atoms with Gasteiger partial charge < -0.3 is 14.9 Å². The summed E-state index contributed by atoms with van der Waals surface area (Å²) in [5.41, 5.74) is 3.50. The van der Waals surface area contributed by atoms with Crippen molar-refractivity contribution in [1.82, 2.24) is 19.6 Å². The van der Waals surface area contributed by atoms with Crippen molar-refractivity contribution in [2.75, 3.05) is 26.2 Å². The highest BCUT2D eigenvalue weighted by Crippen LogP contribution is 2.27. The van der Waals surface area contributed by atoms with Crippen molar-refractivity contribution in [2.45, 2.75) is 39.3 Å². The van der Waals surface area contributed by atoms with Crippen LogP contribution in [-0.4, -0.2) is 62.7 Å². The van der Waals surface area contributed by atoms with Crippen LogP contribution >= 0.6 is 11.6 Å². The van der Waals surface area contributed by atoms with Gasteiger partial charge in [-0.1, -0.05) is 17.7 Å². The first-order valence-corrected chi connectivity index (χ1v) is 10.9. The number of hydrogen-bond donors (Lipinski definition) is 1. The number of likely N-dealkylation sites (tertiary alicyclic amines) is 1. The fourth-order valence-electron chi connectivity index (χ4n) is 4.55. The Bertz CT molecular complexity index is 1010. The molecule has 2 aromatic rings. The van der Waals surface area contributed by atoms with Crippen LogP contribution in [-0.2, 0) is 29.1 Å². The second-order valence-corrected chi connectivity index (χ2v) is 8.78. The lowest BCUT2D eigenvalue weighted by atomic mass is 10.0. The molecular weight excluding hydrogens is 423 g/mol. The van der Waals surface area contributed by atoms with Gasteiger partial charge in [0, 0.05) is 30.2 Å². The van der Waals surface area contributed by atoms with E-state index in [0.29, 0.717) is 36.8 Å². The van der Waals surface area contributed by atoms with Crippen LogP contribution in [0.2, 0.25) is 5.02 Å². The molecule has 1 atom stereocenters. The van der Waals surface area contributed by atoms with E-state index < -0.39 is 5.97 Å². The van der Waals surface area contributed by atoms with E-state index in [2.05, 4.69) is 5.10 Å². The number of aromatic nitrogens is 2. The summed E-state index contributed by atoms with van der Waals surface area (Å²) in [6.07, 6.45) is 1.56. The number of nitrogens with zero attached hydrogens (tertiary/aromatic N) is 4. The summed E-state index contributed by atoms with van der Waals surface area (Å²) in [5, 5.41) is 13.8. The van der Waals surface area contributed by atoms with Crippen LogP contribution in [0.15, 0.2) is 18.2 Å². The third kappa shape index (κ3) is 4.75. The van der Waals surface area contributed by atoms with E-state index in [4.69, 9.17) is 16.7 Å². The van der Waals surface area contributed by atoms with Crippen molar-refractivity contribution in [2.24, 2.45) is 5.92 Å². The topological polar surface area (TPSA) is 78.7 Å². The predicted octanol–water partition coefficient (Wildman–Crippen LogP) is 2.71. The molecule has 3 heterocycles. The Kier molecular flexibility index (Phi) is 6.29. The maximum atomic E-state index is 14.3. The normalized spacial score (nSPS) is 18.9. The number of carboxylic acid groups (broad SMARTS) is 1. The molecule has 0 aliphatic carbocycles. The van der Waals surface area contributed by atoms with Gasteiger partial charge in [-0.2, -0.15) is 5.10 Å². The summed E-state index contributed by atoms with van der Waals surface area (Å²) < 4.78 is 16.1. The van der Waals surface area contributed by atoms with Crippen LogP contribution in [0.3, 0.4) is 0 Å². The lowest BCUT2D eigenvalue weighted by Crippen LogP contribution is -2.41. The number of hydrogen-bond acceptors (Lipinski definition) is 4. The monoisotopic (exact) mass is 448 g/mol. The van der Waals surface area contributed by atoms with Gasteiger partial charge in [0.1, 0.15) is 5.82 Å². The molecule has 1 unspecified atom stereocenters. The van der Waals surface area contributed by atoms with Crippen LogP contribution in [0.4, 0.5) is 4.39 Å². The van der Waals surface area contributed by atoms with Gasteiger partial charge in [-0.05, 0) is 44.0 Å². The Hall–Kier alpha value is -2.45. The second kappa shape index (κ2) is 8.96. The van der Waals surface area contributed by atoms with E-state index in [-0.39, 0.29) is 30.6 Å². The molecule has 0 spiro atoms. The number of aryl methyl sites for hydroxylation is 1. The quantitative estimate of drug-likeness (QED) is 0.735. The van der Waals surface area contributed by atoms with E-state index in [9.17, 15) is 14.0 Å². The van der Waals surface area contributed by atoms with Crippen molar-refractivity contribution < 1.29 is 19.1 Å². The zero-order valence-electron chi connectivity index (χ0n) is 17.5. The number of carboxylic acids is 1. The van der Waals surface area contributed by atoms with E-state index in [1.54, 1.807) is 16.8 Å². The third-order valence-corrected chi connectivity index (χ3v) is 6.49. The lowest BCUT2D eigenvalue weighted by Gasteiger charge is -2.30. The van der Waals surface area contributed by atoms with Crippen LogP contribution in [0.5, 0.6) is 0 Å². The largest absolute Gasteiger partial charge is 0.481 e. The molecule has 4 rings (SSSR count). The second-order valence-electron chi connectivity index (χ2n) is 8.34.